The molecule has 80 valence electrons. The van der Waals surface area contributed by atoms with Crippen molar-refractivity contribution in [3.05, 3.63) is 0 Å². The van der Waals surface area contributed by atoms with E-state index in [9.17, 15) is 14.4 Å². The van der Waals surface area contributed by atoms with E-state index >= 15 is 0 Å². The van der Waals surface area contributed by atoms with Gasteiger partial charge in [0, 0.05) is 0 Å². The Labute approximate surface area is 78.9 Å². The maximum Gasteiger partial charge on any atom is 0.336 e. The van der Waals surface area contributed by atoms with Gasteiger partial charge in [0.15, 0.2) is 5.60 Å². The molecule has 0 bridgehead atoms. The number of hydrogen-bond acceptors (Lipinski definition) is 4. The first-order valence-corrected chi connectivity index (χ1v) is 3.59. The smallest absolute Gasteiger partial charge is 0.336 e. The van der Waals surface area contributed by atoms with Gasteiger partial charge in [0.05, 0.1) is 6.42 Å². The minimum atomic E-state index is -2.01. The topological polar surface area (TPSA) is 121 Å². The zero-order valence-electron chi connectivity index (χ0n) is 7.39. The summed E-state index contributed by atoms with van der Waals surface area (Å²) in [6.07, 6.45) is -0.796. The third-order valence-electron chi connectivity index (χ3n) is 1.46. The summed E-state index contributed by atoms with van der Waals surface area (Å²) in [4.78, 5) is 31.0. The second-order valence-electron chi connectivity index (χ2n) is 2.79. The molecule has 1 unspecified atom stereocenters. The van der Waals surface area contributed by atoms with E-state index in [4.69, 9.17) is 15.3 Å². The number of hydrogen-bond donors (Lipinski definition) is 3. The lowest BCUT2D eigenvalue weighted by molar-refractivity contribution is -0.174. The predicted octanol–water partition coefficient (Wildman–Crippen LogP) is -0.594. The Bertz CT molecular complexity index is 259. The van der Waals surface area contributed by atoms with Crippen molar-refractivity contribution in [3.8, 4) is 0 Å². The average Bonchev–Trinajstić information content (AvgIpc) is 1.99. The van der Waals surface area contributed by atoms with Gasteiger partial charge < -0.3 is 20.1 Å². The molecule has 7 nitrogen and oxygen atoms in total. The zero-order valence-corrected chi connectivity index (χ0v) is 7.39. The van der Waals surface area contributed by atoms with Crippen molar-refractivity contribution in [3.63, 3.8) is 0 Å². The van der Waals surface area contributed by atoms with E-state index in [-0.39, 0.29) is 0 Å². The second-order valence-corrected chi connectivity index (χ2v) is 2.79. The highest BCUT2D eigenvalue weighted by Gasteiger charge is 2.37. The molecule has 0 aliphatic heterocycles. The lowest BCUT2D eigenvalue weighted by Crippen LogP contribution is -2.41. The molecule has 0 aromatic heterocycles. The van der Waals surface area contributed by atoms with Gasteiger partial charge in [-0.25, -0.2) is 9.59 Å². The number of rotatable bonds is 6. The number of carbonyl (C=O) groups is 3. The molecule has 0 radical (unpaired) electrons. The highest BCUT2D eigenvalue weighted by molar-refractivity contribution is 5.83. The van der Waals surface area contributed by atoms with Crippen LogP contribution in [0.5, 0.6) is 0 Å². The van der Waals surface area contributed by atoms with E-state index in [1.54, 1.807) is 0 Å². The summed E-state index contributed by atoms with van der Waals surface area (Å²) in [5.41, 5.74) is -2.01. The van der Waals surface area contributed by atoms with E-state index in [0.29, 0.717) is 0 Å². The van der Waals surface area contributed by atoms with Crippen LogP contribution in [-0.2, 0) is 19.1 Å². The van der Waals surface area contributed by atoms with Gasteiger partial charge in [-0.05, 0) is 6.92 Å². The van der Waals surface area contributed by atoms with Crippen LogP contribution in [-0.4, -0.2) is 45.4 Å². The molecule has 0 heterocycles. The van der Waals surface area contributed by atoms with E-state index in [2.05, 4.69) is 4.74 Å². The highest BCUT2D eigenvalue weighted by atomic mass is 16.5. The maximum absolute atomic E-state index is 10.6. The summed E-state index contributed by atoms with van der Waals surface area (Å²) in [6, 6.07) is 0. The summed E-state index contributed by atoms with van der Waals surface area (Å²) in [5.74, 6) is -4.25. The molecule has 0 saturated heterocycles. The first-order valence-electron chi connectivity index (χ1n) is 3.59. The molecule has 0 aliphatic carbocycles. The van der Waals surface area contributed by atoms with Crippen LogP contribution < -0.4 is 0 Å². The van der Waals surface area contributed by atoms with Crippen molar-refractivity contribution >= 4 is 17.9 Å². The molecule has 0 saturated carbocycles. The number of ether oxygens (including phenoxy) is 1. The molecule has 3 N–H and O–H groups in total. The summed E-state index contributed by atoms with van der Waals surface area (Å²) < 4.78 is 4.48. The average molecular weight is 206 g/mol. The summed E-state index contributed by atoms with van der Waals surface area (Å²) in [6.45, 7) is 0.155. The van der Waals surface area contributed by atoms with Crippen LogP contribution in [0.25, 0.3) is 0 Å². The predicted molar refractivity (Wildman–Crippen MR) is 41.9 cm³/mol. The lowest BCUT2D eigenvalue weighted by Gasteiger charge is -2.21. The SMILES string of the molecule is CC(CC(=O)O)(OCC(=O)O)C(=O)O. The monoisotopic (exact) mass is 206 g/mol. The van der Waals surface area contributed by atoms with E-state index in [0.717, 1.165) is 6.92 Å². The molecule has 0 aromatic rings. The van der Waals surface area contributed by atoms with Crippen molar-refractivity contribution in [2.45, 2.75) is 18.9 Å². The van der Waals surface area contributed by atoms with Crippen molar-refractivity contribution < 1.29 is 34.4 Å². The highest BCUT2D eigenvalue weighted by Crippen LogP contribution is 2.15. The number of carboxylic acids is 3. The third kappa shape index (κ3) is 3.85. The molecular weight excluding hydrogens is 196 g/mol. The summed E-state index contributed by atoms with van der Waals surface area (Å²) in [5, 5.41) is 25.2. The van der Waals surface area contributed by atoms with Gasteiger partial charge in [-0.1, -0.05) is 0 Å². The fourth-order valence-electron chi connectivity index (χ4n) is 0.698. The molecule has 0 spiro atoms. The summed E-state index contributed by atoms with van der Waals surface area (Å²) >= 11 is 0. The van der Waals surface area contributed by atoms with Gasteiger partial charge >= 0.3 is 17.9 Å². The molecule has 0 aliphatic rings. The quantitative estimate of drug-likeness (QED) is 0.530. The van der Waals surface area contributed by atoms with Gasteiger partial charge in [-0.3, -0.25) is 4.79 Å². The van der Waals surface area contributed by atoms with E-state index in [1.165, 1.54) is 0 Å². The fourth-order valence-corrected chi connectivity index (χ4v) is 0.698. The Balaban J connectivity index is 4.47. The second kappa shape index (κ2) is 4.56. The van der Waals surface area contributed by atoms with Crippen LogP contribution in [0.2, 0.25) is 0 Å². The van der Waals surface area contributed by atoms with Gasteiger partial charge in [0.2, 0.25) is 0 Å². The molecule has 0 rings (SSSR count). The van der Waals surface area contributed by atoms with E-state index in [1.807, 2.05) is 0 Å². The summed E-state index contributed by atoms with van der Waals surface area (Å²) in [7, 11) is 0. The van der Waals surface area contributed by atoms with Crippen molar-refractivity contribution in [2.24, 2.45) is 0 Å². The normalized spacial score (nSPS) is 14.4. The van der Waals surface area contributed by atoms with Crippen molar-refractivity contribution in [2.75, 3.05) is 6.61 Å². The minimum Gasteiger partial charge on any atom is -0.481 e. The van der Waals surface area contributed by atoms with Gasteiger partial charge in [0.1, 0.15) is 6.61 Å². The van der Waals surface area contributed by atoms with Crippen LogP contribution in [0.4, 0.5) is 0 Å². The van der Waals surface area contributed by atoms with Crippen LogP contribution in [0.3, 0.4) is 0 Å². The number of carboxylic acid groups (broad SMARTS) is 3. The van der Waals surface area contributed by atoms with Crippen molar-refractivity contribution in [1.82, 2.24) is 0 Å². The minimum absolute atomic E-state index is 0.796. The van der Waals surface area contributed by atoms with Crippen LogP contribution in [0, 0.1) is 0 Å². The van der Waals surface area contributed by atoms with Crippen LogP contribution in [0.1, 0.15) is 13.3 Å². The first kappa shape index (κ1) is 12.4. The third-order valence-corrected chi connectivity index (χ3v) is 1.46. The molecule has 14 heavy (non-hydrogen) atoms. The molecular formula is C7H10O7. The molecule has 0 amide bonds. The standard InChI is InChI=1S/C7H10O7/c1-7(6(12)13,2-4(8)9)14-3-5(10)11/h2-3H2,1H3,(H,8,9)(H,10,11)(H,12,13). The number of aliphatic carboxylic acids is 3. The molecule has 0 fully saturated rings. The Morgan fingerprint density at radius 3 is 1.93 bits per heavy atom. The fraction of sp³-hybridized carbons (Fsp3) is 0.571. The van der Waals surface area contributed by atoms with E-state index < -0.39 is 36.5 Å². The van der Waals surface area contributed by atoms with Gasteiger partial charge in [0.25, 0.3) is 0 Å². The molecule has 1 atom stereocenters. The van der Waals surface area contributed by atoms with Crippen molar-refractivity contribution in [1.29, 1.82) is 0 Å². The molecule has 0 aromatic carbocycles. The Morgan fingerprint density at radius 1 is 1.14 bits per heavy atom. The maximum atomic E-state index is 10.6. The Morgan fingerprint density at radius 2 is 1.64 bits per heavy atom. The van der Waals surface area contributed by atoms with Crippen LogP contribution in [0.15, 0.2) is 0 Å². The largest absolute Gasteiger partial charge is 0.481 e. The van der Waals surface area contributed by atoms with Gasteiger partial charge in [-0.2, -0.15) is 0 Å². The zero-order chi connectivity index (χ0) is 11.4. The molecule has 7 heteroatoms. The lowest BCUT2D eigenvalue weighted by atomic mass is 10.0. The van der Waals surface area contributed by atoms with Gasteiger partial charge in [-0.15, -0.1) is 0 Å². The first-order chi connectivity index (χ1) is 6.28. The Hall–Kier alpha value is -1.63. The Kier molecular flexibility index (Phi) is 4.03. The van der Waals surface area contributed by atoms with Crippen LogP contribution >= 0.6 is 0 Å².